The Morgan fingerprint density at radius 3 is 2.62 bits per heavy atom. The zero-order chi connectivity index (χ0) is 22.7. The summed E-state index contributed by atoms with van der Waals surface area (Å²) >= 11 is 0. The van der Waals surface area contributed by atoms with E-state index >= 15 is 0 Å². The van der Waals surface area contributed by atoms with Gasteiger partial charge >= 0.3 is 0 Å². The molecule has 2 bridgehead atoms. The molecule has 1 aromatic heterocycles. The smallest absolute Gasteiger partial charge is 0.276 e. The van der Waals surface area contributed by atoms with Gasteiger partial charge in [-0.1, -0.05) is 0 Å². The maximum atomic E-state index is 13.8. The number of halogens is 3. The van der Waals surface area contributed by atoms with Crippen molar-refractivity contribution >= 4 is 11.8 Å². The van der Waals surface area contributed by atoms with Gasteiger partial charge in [-0.2, -0.15) is 0 Å². The highest BCUT2D eigenvalue weighted by Crippen LogP contribution is 2.38. The Bertz CT molecular complexity index is 1190. The zero-order valence-corrected chi connectivity index (χ0v) is 16.6. The summed E-state index contributed by atoms with van der Waals surface area (Å²) in [7, 11) is 0. The lowest BCUT2D eigenvalue weighted by atomic mass is 10.1. The molecule has 32 heavy (non-hydrogen) atoms. The van der Waals surface area contributed by atoms with E-state index < -0.39 is 64.3 Å². The lowest BCUT2D eigenvalue weighted by Gasteiger charge is -2.44. The first-order valence-corrected chi connectivity index (χ1v) is 10.1. The molecule has 0 radical (unpaired) electrons. The van der Waals surface area contributed by atoms with Crippen LogP contribution in [0.2, 0.25) is 0 Å². The molecular weight excluding hydrogens is 431 g/mol. The van der Waals surface area contributed by atoms with Gasteiger partial charge in [0.2, 0.25) is 5.43 Å². The summed E-state index contributed by atoms with van der Waals surface area (Å²) in [5.41, 5.74) is -2.40. The SMILES string of the molecule is O=C(NCc1c(F)cc(F)cc1F)c1cn2c(c(O)c1=O)C(=O)N1C3CCC(C3)O[C@@H]1C2. The zero-order valence-electron chi connectivity index (χ0n) is 16.6. The fourth-order valence-electron chi connectivity index (χ4n) is 4.72. The first-order chi connectivity index (χ1) is 15.2. The summed E-state index contributed by atoms with van der Waals surface area (Å²) in [4.78, 5) is 39.7. The molecule has 3 atom stereocenters. The summed E-state index contributed by atoms with van der Waals surface area (Å²) < 4.78 is 47.9. The molecule has 0 spiro atoms. The summed E-state index contributed by atoms with van der Waals surface area (Å²) in [5.74, 6) is -5.93. The highest BCUT2D eigenvalue weighted by atomic mass is 19.1. The van der Waals surface area contributed by atoms with Gasteiger partial charge in [-0.05, 0) is 19.3 Å². The molecule has 2 aromatic rings. The first-order valence-electron chi connectivity index (χ1n) is 10.1. The number of hydrogen-bond donors (Lipinski definition) is 2. The van der Waals surface area contributed by atoms with E-state index in [-0.39, 0.29) is 24.4 Å². The number of benzene rings is 1. The van der Waals surface area contributed by atoms with E-state index in [9.17, 15) is 32.7 Å². The third kappa shape index (κ3) is 3.15. The van der Waals surface area contributed by atoms with Crippen LogP contribution in [0.25, 0.3) is 0 Å². The maximum absolute atomic E-state index is 13.8. The molecule has 1 aliphatic carbocycles. The molecule has 1 aromatic carbocycles. The van der Waals surface area contributed by atoms with Gasteiger partial charge in [0, 0.05) is 36.5 Å². The average molecular weight is 449 g/mol. The molecule has 168 valence electrons. The van der Waals surface area contributed by atoms with Crippen LogP contribution in [0.1, 0.15) is 45.7 Å². The van der Waals surface area contributed by atoms with Crippen molar-refractivity contribution in [1.29, 1.82) is 0 Å². The number of rotatable bonds is 3. The molecule has 2 unspecified atom stereocenters. The number of ether oxygens (including phenoxy) is 1. The highest BCUT2D eigenvalue weighted by molar-refractivity contribution is 5.99. The molecule has 8 nitrogen and oxygen atoms in total. The predicted octanol–water partition coefficient (Wildman–Crippen LogP) is 1.63. The van der Waals surface area contributed by atoms with Gasteiger partial charge in [-0.15, -0.1) is 0 Å². The van der Waals surface area contributed by atoms with Gasteiger partial charge in [-0.25, -0.2) is 13.2 Å². The molecule has 1 saturated heterocycles. The third-order valence-corrected chi connectivity index (χ3v) is 6.23. The van der Waals surface area contributed by atoms with E-state index in [1.165, 1.54) is 9.47 Å². The van der Waals surface area contributed by atoms with E-state index in [2.05, 4.69) is 5.32 Å². The molecule has 3 heterocycles. The monoisotopic (exact) mass is 449 g/mol. The summed E-state index contributed by atoms with van der Waals surface area (Å²) in [6, 6.07) is 0.912. The van der Waals surface area contributed by atoms with E-state index in [1.807, 2.05) is 0 Å². The maximum Gasteiger partial charge on any atom is 0.276 e. The Balaban J connectivity index is 1.44. The van der Waals surface area contributed by atoms with Crippen molar-refractivity contribution in [2.75, 3.05) is 0 Å². The van der Waals surface area contributed by atoms with Crippen molar-refractivity contribution in [2.24, 2.45) is 0 Å². The predicted molar refractivity (Wildman–Crippen MR) is 102 cm³/mol. The summed E-state index contributed by atoms with van der Waals surface area (Å²) in [6.07, 6.45) is 2.86. The van der Waals surface area contributed by atoms with Crippen molar-refractivity contribution < 1.29 is 32.6 Å². The second-order valence-corrected chi connectivity index (χ2v) is 8.14. The van der Waals surface area contributed by atoms with Gasteiger partial charge in [0.15, 0.2) is 17.7 Å². The third-order valence-electron chi connectivity index (χ3n) is 6.23. The second-order valence-electron chi connectivity index (χ2n) is 8.14. The van der Waals surface area contributed by atoms with Gasteiger partial charge in [-0.3, -0.25) is 14.4 Å². The van der Waals surface area contributed by atoms with Gasteiger partial charge in [0.25, 0.3) is 11.8 Å². The molecule has 11 heteroatoms. The Kier molecular flexibility index (Phi) is 4.73. The van der Waals surface area contributed by atoms with Gasteiger partial charge < -0.3 is 24.6 Å². The summed E-state index contributed by atoms with van der Waals surface area (Å²) in [5, 5.41) is 12.6. The fraction of sp³-hybridized carbons (Fsp3) is 0.381. The minimum Gasteiger partial charge on any atom is -0.503 e. The van der Waals surface area contributed by atoms with Crippen LogP contribution in [0.15, 0.2) is 23.1 Å². The van der Waals surface area contributed by atoms with Crippen LogP contribution in [0.3, 0.4) is 0 Å². The summed E-state index contributed by atoms with van der Waals surface area (Å²) in [6.45, 7) is -0.538. The molecule has 3 aliphatic rings. The van der Waals surface area contributed by atoms with Crippen LogP contribution in [0, 0.1) is 17.5 Å². The fourth-order valence-corrected chi connectivity index (χ4v) is 4.72. The Labute approximate surface area is 179 Å². The second kappa shape index (κ2) is 7.37. The standard InChI is InChI=1S/C21H18F3N3O5/c22-9-3-14(23)12(15(24)4-9)6-25-20(30)13-7-26-8-16-27(10-1-2-11(5-10)32-16)21(31)17(26)19(29)18(13)28/h3-4,7,10-11,16,29H,1-2,5-6,8H2,(H,25,30)/t10?,11?,16-/m1/s1. The van der Waals surface area contributed by atoms with Crippen LogP contribution in [0.5, 0.6) is 5.75 Å². The molecule has 2 N–H and O–H groups in total. The van der Waals surface area contributed by atoms with Crippen LogP contribution < -0.4 is 10.7 Å². The average Bonchev–Trinajstić information content (AvgIpc) is 3.10. The molecule has 2 aliphatic heterocycles. The van der Waals surface area contributed by atoms with Crippen molar-refractivity contribution in [3.63, 3.8) is 0 Å². The van der Waals surface area contributed by atoms with Crippen molar-refractivity contribution in [1.82, 2.24) is 14.8 Å². The number of pyridine rings is 1. The topological polar surface area (TPSA) is 101 Å². The minimum atomic E-state index is -1.19. The Hall–Kier alpha value is -3.34. The Morgan fingerprint density at radius 2 is 1.91 bits per heavy atom. The molecule has 5 rings (SSSR count). The van der Waals surface area contributed by atoms with Crippen LogP contribution in [-0.4, -0.2) is 44.8 Å². The molecular formula is C21H18F3N3O5. The number of nitrogens with zero attached hydrogens (tertiary/aromatic N) is 2. The number of fused-ring (bicyclic) bond motifs is 5. The molecule has 2 fully saturated rings. The first kappa shape index (κ1) is 20.6. The van der Waals surface area contributed by atoms with Crippen molar-refractivity contribution in [3.05, 3.63) is 62.8 Å². The largest absolute Gasteiger partial charge is 0.503 e. The quantitative estimate of drug-likeness (QED) is 0.742. The molecule has 1 saturated carbocycles. The van der Waals surface area contributed by atoms with Gasteiger partial charge in [0.05, 0.1) is 12.6 Å². The number of aromatic nitrogens is 1. The number of nitrogens with one attached hydrogen (secondary N) is 1. The van der Waals surface area contributed by atoms with Crippen LogP contribution in [-0.2, 0) is 17.8 Å². The highest BCUT2D eigenvalue weighted by Gasteiger charge is 2.47. The van der Waals surface area contributed by atoms with Gasteiger partial charge in [0.1, 0.15) is 23.0 Å². The number of carbonyl (C=O) groups is 2. The molecule has 2 amide bonds. The lowest BCUT2D eigenvalue weighted by molar-refractivity contribution is -0.132. The van der Waals surface area contributed by atoms with E-state index in [4.69, 9.17) is 4.74 Å². The number of aromatic hydroxyl groups is 1. The van der Waals surface area contributed by atoms with Crippen molar-refractivity contribution in [2.45, 2.75) is 50.7 Å². The van der Waals surface area contributed by atoms with Crippen LogP contribution in [0.4, 0.5) is 13.2 Å². The van der Waals surface area contributed by atoms with Crippen LogP contribution >= 0.6 is 0 Å². The number of hydrogen-bond acceptors (Lipinski definition) is 5. The lowest BCUT2D eigenvalue weighted by Crippen LogP contribution is -2.57. The number of carbonyl (C=O) groups excluding carboxylic acids is 2. The van der Waals surface area contributed by atoms with E-state index in [0.717, 1.165) is 19.0 Å². The normalized spacial score (nSPS) is 23.7. The number of amides is 2. The Morgan fingerprint density at radius 1 is 1.19 bits per heavy atom. The minimum absolute atomic E-state index is 0.0296. The van der Waals surface area contributed by atoms with Crippen molar-refractivity contribution in [3.8, 4) is 5.75 Å². The van der Waals surface area contributed by atoms with E-state index in [0.29, 0.717) is 18.6 Å². The van der Waals surface area contributed by atoms with E-state index in [1.54, 1.807) is 0 Å².